The molecule has 4 heteroatoms. The molecule has 0 unspecified atom stereocenters. The topological polar surface area (TPSA) is 21.8 Å². The molecule has 1 N–H and O–H groups in total. The molecule has 0 aliphatic carbocycles. The molecule has 4 saturated heterocycles. The lowest BCUT2D eigenvalue weighted by Gasteiger charge is -2.50. The summed E-state index contributed by atoms with van der Waals surface area (Å²) in [5.74, 6) is 0. The van der Waals surface area contributed by atoms with Gasteiger partial charge >= 0.3 is 0 Å². The molecule has 4 rings (SSSR count). The molecule has 0 aromatic heterocycles. The van der Waals surface area contributed by atoms with Crippen LogP contribution in [-0.4, -0.2) is 85.7 Å². The first-order valence-corrected chi connectivity index (χ1v) is 10.2. The number of likely N-dealkylation sites (tertiary alicyclic amines) is 3. The van der Waals surface area contributed by atoms with Crippen molar-refractivity contribution in [1.82, 2.24) is 20.0 Å². The first-order chi connectivity index (χ1) is 11.3. The van der Waals surface area contributed by atoms with Gasteiger partial charge in [0.1, 0.15) is 0 Å². The summed E-state index contributed by atoms with van der Waals surface area (Å²) in [7, 11) is 0. The van der Waals surface area contributed by atoms with E-state index in [1.54, 1.807) is 0 Å². The van der Waals surface area contributed by atoms with Crippen LogP contribution < -0.4 is 5.32 Å². The fourth-order valence-corrected chi connectivity index (χ4v) is 5.47. The molecule has 4 aliphatic rings. The highest BCUT2D eigenvalue weighted by Gasteiger charge is 2.39. The lowest BCUT2D eigenvalue weighted by atomic mass is 9.71. The molecular weight excluding hydrogens is 284 g/mol. The number of nitrogens with zero attached hydrogens (tertiary/aromatic N) is 3. The average Bonchev–Trinajstić information content (AvgIpc) is 2.56. The predicted molar refractivity (Wildman–Crippen MR) is 95.8 cm³/mol. The van der Waals surface area contributed by atoms with Gasteiger partial charge in [0.25, 0.3) is 0 Å². The van der Waals surface area contributed by atoms with Crippen LogP contribution >= 0.6 is 0 Å². The van der Waals surface area contributed by atoms with Crippen molar-refractivity contribution in [2.75, 3.05) is 58.9 Å². The third-order valence-electron chi connectivity index (χ3n) is 7.44. The highest BCUT2D eigenvalue weighted by molar-refractivity contribution is 4.94. The summed E-state index contributed by atoms with van der Waals surface area (Å²) in [5.41, 5.74) is 0.706. The average molecular weight is 321 g/mol. The van der Waals surface area contributed by atoms with Crippen molar-refractivity contribution in [3.63, 3.8) is 0 Å². The van der Waals surface area contributed by atoms with Gasteiger partial charge in [-0.2, -0.15) is 0 Å². The van der Waals surface area contributed by atoms with Gasteiger partial charge in [-0.15, -0.1) is 0 Å². The highest BCUT2D eigenvalue weighted by atomic mass is 15.3. The summed E-state index contributed by atoms with van der Waals surface area (Å²) in [5, 5.41) is 3.54. The van der Waals surface area contributed by atoms with E-state index in [1.165, 1.54) is 97.4 Å². The van der Waals surface area contributed by atoms with E-state index in [-0.39, 0.29) is 0 Å². The number of hydrogen-bond acceptors (Lipinski definition) is 4. The molecule has 23 heavy (non-hydrogen) atoms. The zero-order valence-corrected chi connectivity index (χ0v) is 15.1. The van der Waals surface area contributed by atoms with E-state index >= 15 is 0 Å². The minimum atomic E-state index is 0.706. The summed E-state index contributed by atoms with van der Waals surface area (Å²) >= 11 is 0. The second-order valence-electron chi connectivity index (χ2n) is 8.56. The van der Waals surface area contributed by atoms with Gasteiger partial charge in [0.2, 0.25) is 0 Å². The van der Waals surface area contributed by atoms with E-state index in [0.717, 1.165) is 12.1 Å². The minimum Gasteiger partial charge on any atom is -0.317 e. The Hall–Kier alpha value is -0.160. The largest absolute Gasteiger partial charge is 0.317 e. The smallest absolute Gasteiger partial charge is 0.0350 e. The first kappa shape index (κ1) is 16.3. The molecular formula is C19H36N4. The van der Waals surface area contributed by atoms with E-state index in [4.69, 9.17) is 0 Å². The van der Waals surface area contributed by atoms with Crippen LogP contribution in [0.25, 0.3) is 0 Å². The van der Waals surface area contributed by atoms with E-state index in [9.17, 15) is 0 Å². The summed E-state index contributed by atoms with van der Waals surface area (Å²) in [4.78, 5) is 8.20. The zero-order chi connectivity index (χ0) is 15.7. The van der Waals surface area contributed by atoms with Crippen molar-refractivity contribution in [2.24, 2.45) is 5.41 Å². The molecule has 4 fully saturated rings. The van der Waals surface area contributed by atoms with Crippen LogP contribution in [0.2, 0.25) is 0 Å². The molecule has 4 heterocycles. The number of hydrogen-bond donors (Lipinski definition) is 1. The predicted octanol–water partition coefficient (Wildman–Crippen LogP) is 1.62. The molecule has 0 aromatic carbocycles. The summed E-state index contributed by atoms with van der Waals surface area (Å²) < 4.78 is 0. The third-order valence-corrected chi connectivity index (χ3v) is 7.44. The Bertz CT molecular complexity index is 369. The Labute approximate surface area is 142 Å². The molecule has 1 spiro atoms. The fourth-order valence-electron chi connectivity index (χ4n) is 5.47. The van der Waals surface area contributed by atoms with Crippen LogP contribution in [0.4, 0.5) is 0 Å². The van der Waals surface area contributed by atoms with Gasteiger partial charge in [-0.3, -0.25) is 4.90 Å². The van der Waals surface area contributed by atoms with Gasteiger partial charge in [-0.25, -0.2) is 0 Å². The van der Waals surface area contributed by atoms with Crippen molar-refractivity contribution in [3.05, 3.63) is 0 Å². The summed E-state index contributed by atoms with van der Waals surface area (Å²) in [6, 6.07) is 1.75. The van der Waals surface area contributed by atoms with Crippen LogP contribution in [0.3, 0.4) is 0 Å². The Morgan fingerprint density at radius 2 is 1.43 bits per heavy atom. The summed E-state index contributed by atoms with van der Waals surface area (Å²) in [6.07, 6.45) is 8.60. The Morgan fingerprint density at radius 1 is 0.826 bits per heavy atom. The molecule has 132 valence electrons. The second-order valence-corrected chi connectivity index (χ2v) is 8.56. The number of piperidine rings is 3. The highest BCUT2D eigenvalue weighted by Crippen LogP contribution is 2.40. The van der Waals surface area contributed by atoms with E-state index in [0.29, 0.717) is 5.41 Å². The maximum absolute atomic E-state index is 3.54. The SMILES string of the molecule is CCN1CC(N2CCC(N3CCC4(CCNCC4)CC3)CC2)C1. The van der Waals surface area contributed by atoms with Gasteiger partial charge in [0.05, 0.1) is 0 Å². The van der Waals surface area contributed by atoms with Crippen LogP contribution in [0.15, 0.2) is 0 Å². The molecule has 0 amide bonds. The molecule has 0 radical (unpaired) electrons. The van der Waals surface area contributed by atoms with Gasteiger partial charge < -0.3 is 15.1 Å². The quantitative estimate of drug-likeness (QED) is 0.853. The zero-order valence-electron chi connectivity index (χ0n) is 15.1. The van der Waals surface area contributed by atoms with Crippen LogP contribution in [0.5, 0.6) is 0 Å². The normalized spacial score (nSPS) is 32.2. The fraction of sp³-hybridized carbons (Fsp3) is 1.00. The van der Waals surface area contributed by atoms with Crippen molar-refractivity contribution in [2.45, 2.75) is 57.5 Å². The number of rotatable bonds is 3. The standard InChI is InChI=1S/C19H36N4/c1-2-21-15-18(16-21)22-11-3-17(4-12-22)23-13-7-19(8-14-23)5-9-20-10-6-19/h17-18,20H,2-16H2,1H3. The van der Waals surface area contributed by atoms with E-state index in [1.807, 2.05) is 0 Å². The monoisotopic (exact) mass is 320 g/mol. The van der Waals surface area contributed by atoms with E-state index in [2.05, 4.69) is 26.9 Å². The maximum atomic E-state index is 3.54. The van der Waals surface area contributed by atoms with Crippen molar-refractivity contribution < 1.29 is 0 Å². The summed E-state index contributed by atoms with van der Waals surface area (Å²) in [6.45, 7) is 14.1. The van der Waals surface area contributed by atoms with Crippen molar-refractivity contribution in [1.29, 1.82) is 0 Å². The molecule has 0 aromatic rings. The van der Waals surface area contributed by atoms with Gasteiger partial charge in [0.15, 0.2) is 0 Å². The van der Waals surface area contributed by atoms with Gasteiger partial charge in [-0.1, -0.05) is 6.92 Å². The van der Waals surface area contributed by atoms with E-state index < -0.39 is 0 Å². The van der Waals surface area contributed by atoms with Gasteiger partial charge in [0, 0.05) is 38.3 Å². The third kappa shape index (κ3) is 3.46. The van der Waals surface area contributed by atoms with Crippen LogP contribution in [0.1, 0.15) is 45.4 Å². The molecule has 0 saturated carbocycles. The van der Waals surface area contributed by atoms with Crippen molar-refractivity contribution in [3.8, 4) is 0 Å². The number of nitrogens with one attached hydrogen (secondary N) is 1. The number of likely N-dealkylation sites (N-methyl/N-ethyl adjacent to an activating group) is 1. The lowest BCUT2D eigenvalue weighted by molar-refractivity contribution is -0.00855. The minimum absolute atomic E-state index is 0.706. The Morgan fingerprint density at radius 3 is 2.04 bits per heavy atom. The second kappa shape index (κ2) is 6.99. The maximum Gasteiger partial charge on any atom is 0.0350 e. The molecule has 4 nitrogen and oxygen atoms in total. The van der Waals surface area contributed by atoms with Gasteiger partial charge in [-0.05, 0) is 76.7 Å². The first-order valence-electron chi connectivity index (χ1n) is 10.2. The molecule has 0 atom stereocenters. The van der Waals surface area contributed by atoms with Crippen LogP contribution in [-0.2, 0) is 0 Å². The van der Waals surface area contributed by atoms with Crippen LogP contribution in [0, 0.1) is 5.41 Å². The Balaban J connectivity index is 1.21. The molecule has 0 bridgehead atoms. The van der Waals surface area contributed by atoms with Crippen molar-refractivity contribution >= 4 is 0 Å². The Kier molecular flexibility index (Phi) is 4.96. The molecule has 4 aliphatic heterocycles. The lowest BCUT2D eigenvalue weighted by Crippen LogP contribution is -2.61.